The summed E-state index contributed by atoms with van der Waals surface area (Å²) in [7, 11) is 0. The summed E-state index contributed by atoms with van der Waals surface area (Å²) in [6, 6.07) is 8.10. The molecule has 3 rings (SSSR count). The number of aromatic nitrogens is 1. The molecule has 1 aromatic heterocycles. The van der Waals surface area contributed by atoms with Crippen LogP contribution in [0, 0.1) is 6.92 Å². The van der Waals surface area contributed by atoms with Gasteiger partial charge in [-0.25, -0.2) is 4.79 Å². The molecule has 1 aliphatic rings. The van der Waals surface area contributed by atoms with Crippen LogP contribution in [0.5, 0.6) is 0 Å². The Balaban J connectivity index is 2.09. The number of carbonyl (C=O) groups is 1. The molecule has 1 aliphatic heterocycles. The number of rotatable bonds is 0. The van der Waals surface area contributed by atoms with E-state index in [1.54, 1.807) is 0 Å². The third-order valence-corrected chi connectivity index (χ3v) is 3.89. The molecule has 98 valence electrons. The van der Waals surface area contributed by atoms with Crippen LogP contribution in [0.4, 0.5) is 4.79 Å². The Labute approximate surface area is 111 Å². The molecule has 0 saturated heterocycles. The number of fused-ring (bicyclic) bond motifs is 2. The molecule has 2 heterocycles. The number of para-hydroxylation sites is 1. The lowest BCUT2D eigenvalue weighted by molar-refractivity contribution is 0.147. The first kappa shape index (κ1) is 12.0. The topological polar surface area (TPSA) is 53.4 Å². The largest absolute Gasteiger partial charge is 0.465 e. The number of benzene rings is 1. The van der Waals surface area contributed by atoms with Crippen molar-refractivity contribution in [1.82, 2.24) is 9.88 Å². The highest BCUT2D eigenvalue weighted by Crippen LogP contribution is 2.25. The van der Waals surface area contributed by atoms with Gasteiger partial charge in [0.25, 0.3) is 0 Å². The first-order valence-electron chi connectivity index (χ1n) is 6.52. The van der Waals surface area contributed by atoms with Crippen LogP contribution in [0.15, 0.2) is 24.3 Å². The maximum Gasteiger partial charge on any atom is 0.407 e. The highest BCUT2D eigenvalue weighted by molar-refractivity contribution is 5.83. The van der Waals surface area contributed by atoms with Crippen LogP contribution in [-0.2, 0) is 12.8 Å². The van der Waals surface area contributed by atoms with E-state index in [0.29, 0.717) is 19.5 Å². The van der Waals surface area contributed by atoms with Crippen LogP contribution >= 0.6 is 0 Å². The van der Waals surface area contributed by atoms with E-state index in [4.69, 9.17) is 10.1 Å². The van der Waals surface area contributed by atoms with E-state index in [-0.39, 0.29) is 0 Å². The Kier molecular flexibility index (Phi) is 2.85. The quantitative estimate of drug-likeness (QED) is 0.788. The standard InChI is InChI=1S/C15H16N2O2/c1-10-11-4-2-3-5-13(11)16-14-7-9-17(15(18)19)8-6-12(10)14/h2-5H,6-9H2,1H3,(H,18,19). The Hall–Kier alpha value is -2.10. The minimum absolute atomic E-state index is 0.535. The van der Waals surface area contributed by atoms with Crippen molar-refractivity contribution in [1.29, 1.82) is 0 Å². The maximum atomic E-state index is 11.1. The molecule has 0 unspecified atom stereocenters. The van der Waals surface area contributed by atoms with Gasteiger partial charge >= 0.3 is 6.09 Å². The summed E-state index contributed by atoms with van der Waals surface area (Å²) in [5.74, 6) is 0. The second-order valence-corrected chi connectivity index (χ2v) is 4.95. The van der Waals surface area contributed by atoms with Crippen molar-refractivity contribution in [2.45, 2.75) is 19.8 Å². The van der Waals surface area contributed by atoms with Gasteiger partial charge in [-0.2, -0.15) is 0 Å². The van der Waals surface area contributed by atoms with Crippen molar-refractivity contribution < 1.29 is 9.90 Å². The molecular weight excluding hydrogens is 240 g/mol. The van der Waals surface area contributed by atoms with Crippen LogP contribution in [0.3, 0.4) is 0 Å². The number of amides is 1. The number of aryl methyl sites for hydroxylation is 1. The molecule has 0 atom stereocenters. The summed E-state index contributed by atoms with van der Waals surface area (Å²) in [5, 5.41) is 10.3. The number of hydrogen-bond acceptors (Lipinski definition) is 2. The number of nitrogens with zero attached hydrogens (tertiary/aromatic N) is 2. The van der Waals surface area contributed by atoms with Crippen LogP contribution in [0.25, 0.3) is 10.9 Å². The predicted octanol–water partition coefficient (Wildman–Crippen LogP) is 2.62. The van der Waals surface area contributed by atoms with E-state index in [1.807, 2.05) is 18.2 Å². The van der Waals surface area contributed by atoms with Gasteiger partial charge in [0, 0.05) is 30.6 Å². The normalized spacial score (nSPS) is 15.1. The smallest absolute Gasteiger partial charge is 0.407 e. The van der Waals surface area contributed by atoms with Gasteiger partial charge in [0.1, 0.15) is 0 Å². The number of pyridine rings is 1. The zero-order valence-electron chi connectivity index (χ0n) is 10.9. The molecule has 4 nitrogen and oxygen atoms in total. The number of hydrogen-bond donors (Lipinski definition) is 1. The predicted molar refractivity (Wildman–Crippen MR) is 73.5 cm³/mol. The zero-order chi connectivity index (χ0) is 13.4. The molecule has 0 fully saturated rings. The summed E-state index contributed by atoms with van der Waals surface area (Å²) in [6.45, 7) is 3.20. The molecule has 4 heteroatoms. The summed E-state index contributed by atoms with van der Waals surface area (Å²) in [6.07, 6.45) is 0.619. The molecular formula is C15H16N2O2. The van der Waals surface area contributed by atoms with E-state index in [1.165, 1.54) is 21.4 Å². The van der Waals surface area contributed by atoms with Crippen LogP contribution in [-0.4, -0.2) is 34.2 Å². The molecule has 2 aromatic rings. The average molecular weight is 256 g/mol. The van der Waals surface area contributed by atoms with Gasteiger partial charge in [-0.3, -0.25) is 4.98 Å². The van der Waals surface area contributed by atoms with Crippen molar-refractivity contribution in [3.8, 4) is 0 Å². The Morgan fingerprint density at radius 3 is 2.79 bits per heavy atom. The van der Waals surface area contributed by atoms with E-state index in [0.717, 1.165) is 17.6 Å². The molecule has 0 spiro atoms. The minimum Gasteiger partial charge on any atom is -0.465 e. The summed E-state index contributed by atoms with van der Waals surface area (Å²) in [5.41, 5.74) is 4.53. The highest BCUT2D eigenvalue weighted by Gasteiger charge is 2.20. The van der Waals surface area contributed by atoms with Gasteiger partial charge in [0.15, 0.2) is 0 Å². The number of carboxylic acid groups (broad SMARTS) is 1. The second kappa shape index (κ2) is 4.53. The van der Waals surface area contributed by atoms with E-state index >= 15 is 0 Å². The molecule has 1 amide bonds. The van der Waals surface area contributed by atoms with Gasteiger partial charge in [-0.15, -0.1) is 0 Å². The van der Waals surface area contributed by atoms with Gasteiger partial charge in [0.05, 0.1) is 5.52 Å². The molecule has 1 N–H and O–H groups in total. The third-order valence-electron chi connectivity index (χ3n) is 3.89. The van der Waals surface area contributed by atoms with Crippen molar-refractivity contribution in [3.05, 3.63) is 41.1 Å². The SMILES string of the molecule is Cc1c2c(nc3ccccc13)CCN(C(=O)O)CC2. The lowest BCUT2D eigenvalue weighted by atomic mass is 9.99. The lowest BCUT2D eigenvalue weighted by Crippen LogP contribution is -2.31. The van der Waals surface area contributed by atoms with E-state index < -0.39 is 6.09 Å². The molecule has 0 bridgehead atoms. The van der Waals surface area contributed by atoms with Gasteiger partial charge in [0.2, 0.25) is 0 Å². The molecule has 0 radical (unpaired) electrons. The minimum atomic E-state index is -0.838. The summed E-state index contributed by atoms with van der Waals surface area (Å²) in [4.78, 5) is 17.3. The fraction of sp³-hybridized carbons (Fsp3) is 0.333. The fourth-order valence-electron chi connectivity index (χ4n) is 2.81. The van der Waals surface area contributed by atoms with Gasteiger partial charge in [-0.05, 0) is 30.5 Å². The molecule has 19 heavy (non-hydrogen) atoms. The first-order valence-corrected chi connectivity index (χ1v) is 6.52. The van der Waals surface area contributed by atoms with Crippen molar-refractivity contribution in [2.24, 2.45) is 0 Å². The lowest BCUT2D eigenvalue weighted by Gasteiger charge is -2.15. The highest BCUT2D eigenvalue weighted by atomic mass is 16.4. The van der Waals surface area contributed by atoms with Crippen LogP contribution in [0.1, 0.15) is 16.8 Å². The van der Waals surface area contributed by atoms with E-state index in [9.17, 15) is 4.79 Å². The van der Waals surface area contributed by atoms with Crippen LogP contribution < -0.4 is 0 Å². The molecule has 1 aromatic carbocycles. The monoisotopic (exact) mass is 256 g/mol. The maximum absolute atomic E-state index is 11.1. The average Bonchev–Trinajstić information content (AvgIpc) is 2.62. The fourth-order valence-corrected chi connectivity index (χ4v) is 2.81. The second-order valence-electron chi connectivity index (χ2n) is 4.95. The van der Waals surface area contributed by atoms with Gasteiger partial charge in [-0.1, -0.05) is 18.2 Å². The third kappa shape index (κ3) is 2.03. The first-order chi connectivity index (χ1) is 9.16. The Morgan fingerprint density at radius 1 is 1.26 bits per heavy atom. The van der Waals surface area contributed by atoms with Gasteiger partial charge < -0.3 is 10.0 Å². The molecule has 0 saturated carbocycles. The summed E-state index contributed by atoms with van der Waals surface area (Å²) < 4.78 is 0. The Bertz CT molecular complexity index is 652. The zero-order valence-corrected chi connectivity index (χ0v) is 10.9. The van der Waals surface area contributed by atoms with E-state index in [2.05, 4.69) is 13.0 Å². The van der Waals surface area contributed by atoms with Crippen molar-refractivity contribution in [2.75, 3.05) is 13.1 Å². The summed E-state index contributed by atoms with van der Waals surface area (Å²) >= 11 is 0. The van der Waals surface area contributed by atoms with Crippen LogP contribution in [0.2, 0.25) is 0 Å². The molecule has 0 aliphatic carbocycles. The van der Waals surface area contributed by atoms with Crippen molar-refractivity contribution in [3.63, 3.8) is 0 Å². The Morgan fingerprint density at radius 2 is 2.00 bits per heavy atom. The van der Waals surface area contributed by atoms with Crippen molar-refractivity contribution >= 4 is 17.0 Å².